The van der Waals surface area contributed by atoms with Crippen molar-refractivity contribution in [1.29, 1.82) is 0 Å². The molecule has 15 heteroatoms. The predicted molar refractivity (Wildman–Crippen MR) is 128 cm³/mol. The van der Waals surface area contributed by atoms with Gasteiger partial charge in [-0.25, -0.2) is 4.79 Å². The van der Waals surface area contributed by atoms with Crippen molar-refractivity contribution in [3.63, 3.8) is 0 Å². The maximum absolute atomic E-state index is 12.8. The minimum absolute atomic E-state index is 0.0573. The van der Waals surface area contributed by atoms with E-state index >= 15 is 0 Å². The largest absolute Gasteiger partial charge is 0.480 e. The summed E-state index contributed by atoms with van der Waals surface area (Å²) >= 11 is 3.89. The molecule has 194 valence electrons. The molecule has 12 N–H and O–H groups in total. The van der Waals surface area contributed by atoms with Crippen LogP contribution in [0, 0.1) is 5.92 Å². The number of carbonyl (C=O) groups is 5. The number of hydrogen-bond donors (Lipinski definition) is 9. The summed E-state index contributed by atoms with van der Waals surface area (Å²) in [6.07, 6.45) is 0.221. The first-order valence-electron chi connectivity index (χ1n) is 10.6. The Balaban J connectivity index is 5.33. The second kappa shape index (κ2) is 15.7. The highest BCUT2D eigenvalue weighted by atomic mass is 32.1. The van der Waals surface area contributed by atoms with Crippen molar-refractivity contribution in [2.24, 2.45) is 33.8 Å². The molecule has 0 bridgehead atoms. The molecule has 0 saturated carbocycles. The van der Waals surface area contributed by atoms with Gasteiger partial charge in [0.15, 0.2) is 5.96 Å². The number of aliphatic imine (C=N–C) groups is 1. The normalized spacial score (nSPS) is 14.3. The fourth-order valence-electron chi connectivity index (χ4n) is 2.77. The maximum Gasteiger partial charge on any atom is 0.327 e. The summed E-state index contributed by atoms with van der Waals surface area (Å²) in [6, 6.07) is -4.80. The summed E-state index contributed by atoms with van der Waals surface area (Å²) in [4.78, 5) is 64.3. The fraction of sp³-hybridized carbons (Fsp3) is 0.684. The molecular weight excluding hydrogens is 468 g/mol. The van der Waals surface area contributed by atoms with Gasteiger partial charge in [0.25, 0.3) is 0 Å². The van der Waals surface area contributed by atoms with Crippen LogP contribution in [0.3, 0.4) is 0 Å². The average Bonchev–Trinajstić information content (AvgIpc) is 2.72. The first-order chi connectivity index (χ1) is 15.8. The number of guanidine groups is 1. The smallest absolute Gasteiger partial charge is 0.327 e. The number of carboxylic acid groups (broad SMARTS) is 1. The summed E-state index contributed by atoms with van der Waals surface area (Å²) in [5.74, 6) is -4.78. The lowest BCUT2D eigenvalue weighted by Crippen LogP contribution is -2.58. The van der Waals surface area contributed by atoms with Crippen LogP contribution in [0.4, 0.5) is 0 Å². The SMILES string of the molecule is CC(C)CC(NC(=O)C(CC(N)=O)NC(=O)C(N)CCCN=C(N)N)C(=O)NC(CS)C(=O)O. The van der Waals surface area contributed by atoms with Crippen LogP contribution in [-0.4, -0.2) is 77.1 Å². The van der Waals surface area contributed by atoms with Gasteiger partial charge in [-0.15, -0.1) is 0 Å². The number of hydrogen-bond acceptors (Lipinski definition) is 8. The molecule has 0 aromatic heterocycles. The third-order valence-corrected chi connectivity index (χ3v) is 4.85. The Labute approximate surface area is 203 Å². The molecule has 4 amide bonds. The Kier molecular flexibility index (Phi) is 14.3. The minimum atomic E-state index is -1.39. The second-order valence-corrected chi connectivity index (χ2v) is 8.42. The molecule has 0 aliphatic carbocycles. The first-order valence-corrected chi connectivity index (χ1v) is 11.3. The molecule has 0 saturated heterocycles. The number of thiol groups is 1. The van der Waals surface area contributed by atoms with Crippen LogP contribution in [0.5, 0.6) is 0 Å². The van der Waals surface area contributed by atoms with Gasteiger partial charge in [0.2, 0.25) is 23.6 Å². The zero-order valence-corrected chi connectivity index (χ0v) is 20.2. The Bertz CT molecular complexity index is 759. The van der Waals surface area contributed by atoms with E-state index in [2.05, 4.69) is 33.6 Å². The Hall–Kier alpha value is -3.07. The average molecular weight is 505 g/mol. The van der Waals surface area contributed by atoms with Gasteiger partial charge < -0.3 is 44.0 Å². The third kappa shape index (κ3) is 12.8. The van der Waals surface area contributed by atoms with Gasteiger partial charge in [0, 0.05) is 12.3 Å². The standard InChI is InChI=1S/C19H36N8O6S/c1-9(2)6-11(16(30)27-13(8-34)18(32)33)26-17(31)12(7-14(21)28)25-15(29)10(20)4-3-5-24-19(22)23/h9-13,34H,3-8,20H2,1-2H3,(H2,21,28)(H,25,29)(H,26,31)(H,27,30)(H,32,33)(H4,22,23,24). The molecule has 0 aliphatic rings. The number of nitrogens with one attached hydrogen (secondary N) is 3. The number of amides is 4. The lowest BCUT2D eigenvalue weighted by Gasteiger charge is -2.25. The van der Waals surface area contributed by atoms with E-state index in [0.717, 1.165) is 0 Å². The van der Waals surface area contributed by atoms with Crippen molar-refractivity contribution in [2.75, 3.05) is 12.3 Å². The first kappa shape index (κ1) is 30.9. The number of rotatable bonds is 16. The zero-order chi connectivity index (χ0) is 26.4. The summed E-state index contributed by atoms with van der Waals surface area (Å²) in [5, 5.41) is 16.2. The number of nitrogens with two attached hydrogens (primary N) is 4. The fourth-order valence-corrected chi connectivity index (χ4v) is 3.02. The summed E-state index contributed by atoms with van der Waals surface area (Å²) in [7, 11) is 0. The van der Waals surface area contributed by atoms with Crippen LogP contribution in [0.2, 0.25) is 0 Å². The summed E-state index contributed by atoms with van der Waals surface area (Å²) in [5.41, 5.74) is 21.5. The molecule has 0 aromatic carbocycles. The third-order valence-electron chi connectivity index (χ3n) is 4.48. The summed E-state index contributed by atoms with van der Waals surface area (Å²) in [6.45, 7) is 3.84. The summed E-state index contributed by atoms with van der Waals surface area (Å²) < 4.78 is 0. The van der Waals surface area contributed by atoms with E-state index in [4.69, 9.17) is 28.0 Å². The maximum atomic E-state index is 12.8. The highest BCUT2D eigenvalue weighted by Gasteiger charge is 2.31. The second-order valence-electron chi connectivity index (χ2n) is 8.06. The van der Waals surface area contributed by atoms with E-state index in [0.29, 0.717) is 6.42 Å². The van der Waals surface area contributed by atoms with Gasteiger partial charge in [-0.1, -0.05) is 13.8 Å². The van der Waals surface area contributed by atoms with Gasteiger partial charge in [0.05, 0.1) is 12.5 Å². The minimum Gasteiger partial charge on any atom is -0.480 e. The Morgan fingerprint density at radius 1 is 0.912 bits per heavy atom. The van der Waals surface area contributed by atoms with Crippen molar-refractivity contribution in [3.8, 4) is 0 Å². The topological polar surface area (TPSA) is 258 Å². The van der Waals surface area contributed by atoms with Gasteiger partial charge in [-0.05, 0) is 25.2 Å². The van der Waals surface area contributed by atoms with E-state index in [1.165, 1.54) is 0 Å². The van der Waals surface area contributed by atoms with E-state index in [1.54, 1.807) is 13.8 Å². The van der Waals surface area contributed by atoms with Crippen LogP contribution in [-0.2, 0) is 24.0 Å². The number of carboxylic acids is 1. The van der Waals surface area contributed by atoms with Gasteiger partial charge >= 0.3 is 5.97 Å². The van der Waals surface area contributed by atoms with Gasteiger partial charge in [-0.3, -0.25) is 24.2 Å². The zero-order valence-electron chi connectivity index (χ0n) is 19.3. The molecule has 4 atom stereocenters. The van der Waals surface area contributed by atoms with E-state index in [-0.39, 0.29) is 37.0 Å². The van der Waals surface area contributed by atoms with Crippen molar-refractivity contribution >= 4 is 48.2 Å². The van der Waals surface area contributed by atoms with Gasteiger partial charge in [0.1, 0.15) is 18.1 Å². The number of carbonyl (C=O) groups excluding carboxylic acids is 4. The number of aliphatic carboxylic acids is 1. The van der Waals surface area contributed by atoms with Crippen LogP contribution < -0.4 is 38.9 Å². The monoisotopic (exact) mass is 504 g/mol. The number of nitrogens with zero attached hydrogens (tertiary/aromatic N) is 1. The highest BCUT2D eigenvalue weighted by molar-refractivity contribution is 7.80. The van der Waals surface area contributed by atoms with Crippen LogP contribution in [0.25, 0.3) is 0 Å². The Morgan fingerprint density at radius 2 is 1.44 bits per heavy atom. The van der Waals surface area contributed by atoms with Crippen LogP contribution in [0.1, 0.15) is 39.5 Å². The predicted octanol–water partition coefficient (Wildman–Crippen LogP) is -3.24. The van der Waals surface area contributed by atoms with Crippen LogP contribution >= 0.6 is 12.6 Å². The molecule has 0 spiro atoms. The molecule has 0 rings (SSSR count). The quantitative estimate of drug-likeness (QED) is 0.0442. The van der Waals surface area contributed by atoms with Crippen molar-refractivity contribution in [2.45, 2.75) is 63.7 Å². The van der Waals surface area contributed by atoms with Crippen molar-refractivity contribution in [3.05, 3.63) is 0 Å². The lowest BCUT2D eigenvalue weighted by atomic mass is 10.0. The molecule has 0 radical (unpaired) electrons. The van der Waals surface area contributed by atoms with E-state index in [1.807, 2.05) is 0 Å². The highest BCUT2D eigenvalue weighted by Crippen LogP contribution is 2.07. The van der Waals surface area contributed by atoms with Crippen molar-refractivity contribution in [1.82, 2.24) is 16.0 Å². The molecule has 0 heterocycles. The molecule has 14 nitrogen and oxygen atoms in total. The molecule has 4 unspecified atom stereocenters. The molecule has 34 heavy (non-hydrogen) atoms. The van der Waals surface area contributed by atoms with Crippen LogP contribution in [0.15, 0.2) is 4.99 Å². The molecule has 0 aliphatic heterocycles. The van der Waals surface area contributed by atoms with Gasteiger partial charge in [-0.2, -0.15) is 12.6 Å². The Morgan fingerprint density at radius 3 is 1.91 bits per heavy atom. The van der Waals surface area contributed by atoms with E-state index in [9.17, 15) is 24.0 Å². The number of primary amides is 1. The van der Waals surface area contributed by atoms with Crippen molar-refractivity contribution < 1.29 is 29.1 Å². The molecule has 0 fully saturated rings. The molecular formula is C19H36N8O6S. The molecule has 0 aromatic rings. The van der Waals surface area contributed by atoms with E-state index < -0.39 is 60.2 Å². The lowest BCUT2D eigenvalue weighted by molar-refractivity contribution is -0.141.